The normalized spacial score (nSPS) is 36.5. The highest BCUT2D eigenvalue weighted by Gasteiger charge is 2.40. The van der Waals surface area contributed by atoms with Crippen molar-refractivity contribution in [2.45, 2.75) is 43.9 Å². The fourth-order valence-electron chi connectivity index (χ4n) is 3.05. The molecule has 16 heavy (non-hydrogen) atoms. The zero-order valence-corrected chi connectivity index (χ0v) is 10.2. The third kappa shape index (κ3) is 2.44. The number of carbonyl (C=O) groups excluding carboxylic acids is 1. The molecule has 1 heterocycles. The number of nitrogens with zero attached hydrogens (tertiary/aromatic N) is 2. The molecule has 3 atom stereocenters. The predicted octanol–water partition coefficient (Wildman–Crippen LogP) is 0.105. The van der Waals surface area contributed by atoms with Crippen LogP contribution < -0.4 is 0 Å². The van der Waals surface area contributed by atoms with E-state index in [0.717, 1.165) is 32.2 Å². The molecule has 2 fully saturated rings. The minimum atomic E-state index is -0.252. The number of β-amino-alcohol motifs (C(OH)–C–C–N with tert-alkyl or cyclic N) is 1. The number of hydrogen-bond donors (Lipinski definition) is 1. The molecule has 1 saturated carbocycles. The van der Waals surface area contributed by atoms with E-state index in [1.807, 2.05) is 14.1 Å². The van der Waals surface area contributed by atoms with Crippen molar-refractivity contribution in [3.05, 3.63) is 0 Å². The van der Waals surface area contributed by atoms with Gasteiger partial charge >= 0.3 is 0 Å². The van der Waals surface area contributed by atoms with Crippen LogP contribution in [0.5, 0.6) is 0 Å². The van der Waals surface area contributed by atoms with Crippen LogP contribution in [0, 0.1) is 0 Å². The van der Waals surface area contributed by atoms with Gasteiger partial charge in [-0.15, -0.1) is 0 Å². The van der Waals surface area contributed by atoms with E-state index < -0.39 is 0 Å². The van der Waals surface area contributed by atoms with Gasteiger partial charge in [-0.05, 0) is 33.4 Å². The summed E-state index contributed by atoms with van der Waals surface area (Å²) in [5.41, 5.74) is 0. The Balaban J connectivity index is 2.03. The Hall–Kier alpha value is -0.450. The average molecular weight is 226 g/mol. The maximum atomic E-state index is 11.8. The molecule has 0 aromatic carbocycles. The summed E-state index contributed by atoms with van der Waals surface area (Å²) in [5.74, 6) is 0.373. The van der Waals surface area contributed by atoms with E-state index in [9.17, 15) is 9.90 Å². The second kappa shape index (κ2) is 4.82. The second-order valence-corrected chi connectivity index (χ2v) is 5.38. The minimum Gasteiger partial charge on any atom is -0.392 e. The lowest BCUT2D eigenvalue weighted by Gasteiger charge is -2.30. The third-order valence-corrected chi connectivity index (χ3v) is 3.68. The van der Waals surface area contributed by atoms with Crippen LogP contribution in [-0.2, 0) is 4.79 Å². The van der Waals surface area contributed by atoms with Gasteiger partial charge in [0.15, 0.2) is 0 Å². The van der Waals surface area contributed by atoms with Crippen molar-refractivity contribution in [3.8, 4) is 0 Å². The molecule has 2 rings (SSSR count). The highest BCUT2D eigenvalue weighted by atomic mass is 16.3. The topological polar surface area (TPSA) is 43.8 Å². The van der Waals surface area contributed by atoms with Crippen molar-refractivity contribution in [3.63, 3.8) is 0 Å². The molecule has 3 unspecified atom stereocenters. The Bertz CT molecular complexity index is 268. The summed E-state index contributed by atoms with van der Waals surface area (Å²) in [6, 6.07) is 0.430. The summed E-state index contributed by atoms with van der Waals surface area (Å²) in [6.07, 6.45) is 3.28. The van der Waals surface area contributed by atoms with E-state index in [0.29, 0.717) is 18.4 Å². The predicted molar refractivity (Wildman–Crippen MR) is 62.3 cm³/mol. The minimum absolute atomic E-state index is 0.0853. The van der Waals surface area contributed by atoms with Gasteiger partial charge in [0.25, 0.3) is 0 Å². The average Bonchev–Trinajstić information content (AvgIpc) is 2.71. The lowest BCUT2D eigenvalue weighted by atomic mass is 10.1. The van der Waals surface area contributed by atoms with Crippen LogP contribution in [0.25, 0.3) is 0 Å². The Morgan fingerprint density at radius 3 is 2.81 bits per heavy atom. The molecule has 0 bridgehead atoms. The Labute approximate surface area is 97.2 Å². The number of likely N-dealkylation sites (tertiary alicyclic amines) is 1. The molecular weight excluding hydrogens is 204 g/mol. The highest BCUT2D eigenvalue weighted by Crippen LogP contribution is 2.28. The monoisotopic (exact) mass is 226 g/mol. The maximum absolute atomic E-state index is 11.8. The number of ketones is 1. The number of carbonyl (C=O) groups is 1. The number of aliphatic hydroxyl groups is 1. The van der Waals surface area contributed by atoms with Gasteiger partial charge in [-0.2, -0.15) is 0 Å². The number of rotatable bonds is 3. The molecule has 0 aromatic heterocycles. The molecule has 4 nitrogen and oxygen atoms in total. The Morgan fingerprint density at radius 1 is 1.50 bits per heavy atom. The molecule has 92 valence electrons. The number of hydrogen-bond acceptors (Lipinski definition) is 4. The van der Waals surface area contributed by atoms with Gasteiger partial charge in [0.05, 0.1) is 12.1 Å². The van der Waals surface area contributed by atoms with E-state index in [-0.39, 0.29) is 12.1 Å². The Morgan fingerprint density at radius 2 is 2.25 bits per heavy atom. The van der Waals surface area contributed by atoms with Crippen LogP contribution in [0.3, 0.4) is 0 Å². The van der Waals surface area contributed by atoms with E-state index in [1.54, 1.807) is 0 Å². The van der Waals surface area contributed by atoms with E-state index >= 15 is 0 Å². The first-order valence-corrected chi connectivity index (χ1v) is 6.19. The van der Waals surface area contributed by atoms with Gasteiger partial charge in [0.2, 0.25) is 0 Å². The first kappa shape index (κ1) is 12.0. The number of aliphatic hydroxyl groups excluding tert-OH is 1. The molecule has 2 aliphatic rings. The summed E-state index contributed by atoms with van der Waals surface area (Å²) in [6.45, 7) is 1.61. The molecule has 0 radical (unpaired) electrons. The summed E-state index contributed by atoms with van der Waals surface area (Å²) in [4.78, 5) is 16.1. The van der Waals surface area contributed by atoms with Crippen molar-refractivity contribution < 1.29 is 9.90 Å². The van der Waals surface area contributed by atoms with Crippen LogP contribution in [-0.4, -0.2) is 66.1 Å². The van der Waals surface area contributed by atoms with Crippen molar-refractivity contribution in [2.24, 2.45) is 0 Å². The molecule has 1 aliphatic carbocycles. The van der Waals surface area contributed by atoms with Gasteiger partial charge < -0.3 is 10.0 Å². The molecule has 1 aliphatic heterocycles. The first-order chi connectivity index (χ1) is 7.58. The van der Waals surface area contributed by atoms with Crippen LogP contribution >= 0.6 is 0 Å². The summed E-state index contributed by atoms with van der Waals surface area (Å²) < 4.78 is 0. The summed E-state index contributed by atoms with van der Waals surface area (Å²) in [5, 5.41) is 9.76. The first-order valence-electron chi connectivity index (χ1n) is 6.19. The van der Waals surface area contributed by atoms with Crippen molar-refractivity contribution >= 4 is 5.78 Å². The van der Waals surface area contributed by atoms with Crippen molar-refractivity contribution in [1.82, 2.24) is 9.80 Å². The largest absolute Gasteiger partial charge is 0.392 e. The summed E-state index contributed by atoms with van der Waals surface area (Å²) in [7, 11) is 4.08. The fraction of sp³-hybridized carbons (Fsp3) is 0.917. The van der Waals surface area contributed by atoms with Crippen molar-refractivity contribution in [2.75, 3.05) is 27.2 Å². The standard InChI is InChI=1S/C12H22N2O2/c1-13(2)7-9-6-10(15)8-14(9)11-4-3-5-12(11)16/h9-11,15H,3-8H2,1-2H3. The molecule has 4 heteroatoms. The third-order valence-electron chi connectivity index (χ3n) is 3.68. The van der Waals surface area contributed by atoms with E-state index in [1.165, 1.54) is 0 Å². The van der Waals surface area contributed by atoms with Crippen LogP contribution in [0.2, 0.25) is 0 Å². The van der Waals surface area contributed by atoms with Gasteiger partial charge in [-0.25, -0.2) is 0 Å². The van der Waals surface area contributed by atoms with Crippen LogP contribution in [0.15, 0.2) is 0 Å². The smallest absolute Gasteiger partial charge is 0.149 e. The second-order valence-electron chi connectivity index (χ2n) is 5.38. The highest BCUT2D eigenvalue weighted by molar-refractivity contribution is 5.86. The summed E-state index contributed by atoms with van der Waals surface area (Å²) >= 11 is 0. The van der Waals surface area contributed by atoms with Crippen molar-refractivity contribution in [1.29, 1.82) is 0 Å². The SMILES string of the molecule is CN(C)CC1CC(O)CN1C1CCCC1=O. The van der Waals surface area contributed by atoms with Gasteiger partial charge in [0.1, 0.15) is 5.78 Å². The zero-order valence-electron chi connectivity index (χ0n) is 10.2. The van der Waals surface area contributed by atoms with Gasteiger partial charge in [-0.3, -0.25) is 9.69 Å². The van der Waals surface area contributed by atoms with Gasteiger partial charge in [-0.1, -0.05) is 0 Å². The molecule has 0 aromatic rings. The molecule has 1 N–H and O–H groups in total. The lowest BCUT2D eigenvalue weighted by Crippen LogP contribution is -2.45. The zero-order chi connectivity index (χ0) is 11.7. The van der Waals surface area contributed by atoms with Crippen LogP contribution in [0.4, 0.5) is 0 Å². The fourth-order valence-corrected chi connectivity index (χ4v) is 3.05. The van der Waals surface area contributed by atoms with Crippen LogP contribution in [0.1, 0.15) is 25.7 Å². The van der Waals surface area contributed by atoms with E-state index in [2.05, 4.69) is 9.80 Å². The molecular formula is C12H22N2O2. The lowest BCUT2D eigenvalue weighted by molar-refractivity contribution is -0.122. The van der Waals surface area contributed by atoms with Gasteiger partial charge in [0, 0.05) is 25.6 Å². The number of likely N-dealkylation sites (N-methyl/N-ethyl adjacent to an activating group) is 1. The van der Waals surface area contributed by atoms with E-state index in [4.69, 9.17) is 0 Å². The molecule has 1 saturated heterocycles. The molecule has 0 spiro atoms. The maximum Gasteiger partial charge on any atom is 0.149 e. The molecule has 0 amide bonds. The Kier molecular flexibility index (Phi) is 3.62. The number of Topliss-reactive ketones (excluding diaryl/α,β-unsaturated/α-hetero) is 1. The quantitative estimate of drug-likeness (QED) is 0.741.